The number of rotatable bonds is 13. The number of aryl methyl sites for hydroxylation is 1. The van der Waals surface area contributed by atoms with Gasteiger partial charge in [-0.15, -0.1) is 0 Å². The molecule has 12 nitrogen and oxygen atoms in total. The second-order valence-electron chi connectivity index (χ2n) is 9.01. The van der Waals surface area contributed by atoms with Crippen LogP contribution in [0.15, 0.2) is 55.0 Å². The Labute approximate surface area is 226 Å². The van der Waals surface area contributed by atoms with Crippen LogP contribution in [0.1, 0.15) is 12.0 Å². The lowest BCUT2D eigenvalue weighted by Crippen LogP contribution is -2.39. The highest BCUT2D eigenvalue weighted by molar-refractivity contribution is 5.94. The number of amides is 2. The first kappa shape index (κ1) is 27.9. The average molecular weight is 540 g/mol. The third-order valence-electron chi connectivity index (χ3n) is 6.04. The molecule has 1 fully saturated rings. The lowest BCUT2D eigenvalue weighted by atomic mass is 10.2. The zero-order valence-corrected chi connectivity index (χ0v) is 22.0. The number of carbonyl (C=O) groups is 2. The molecule has 0 spiro atoms. The van der Waals surface area contributed by atoms with Crippen molar-refractivity contribution >= 4 is 17.5 Å². The molecule has 1 saturated heterocycles. The summed E-state index contributed by atoms with van der Waals surface area (Å²) in [5, 5.41) is 16.3. The molecule has 1 aromatic carbocycles. The number of ether oxygens (including phenoxy) is 4. The van der Waals surface area contributed by atoms with Crippen molar-refractivity contribution in [2.45, 2.75) is 32.1 Å². The maximum absolute atomic E-state index is 12.8. The summed E-state index contributed by atoms with van der Waals surface area (Å²) < 4.78 is 23.8. The fourth-order valence-corrected chi connectivity index (χ4v) is 4.00. The second-order valence-corrected chi connectivity index (χ2v) is 9.01. The predicted molar refractivity (Wildman–Crippen MR) is 141 cm³/mol. The number of aliphatic hydroxyl groups excluding tert-OH is 1. The van der Waals surface area contributed by atoms with E-state index in [1.165, 1.54) is 22.9 Å². The van der Waals surface area contributed by atoms with Crippen LogP contribution in [-0.2, 0) is 20.9 Å². The minimum Gasteiger partial charge on any atom is -0.492 e. The summed E-state index contributed by atoms with van der Waals surface area (Å²) >= 11 is 0. The van der Waals surface area contributed by atoms with Crippen LogP contribution in [0, 0.1) is 6.92 Å². The van der Waals surface area contributed by atoms with E-state index in [2.05, 4.69) is 15.4 Å². The van der Waals surface area contributed by atoms with E-state index in [1.807, 2.05) is 31.2 Å². The number of nitrogens with one attached hydrogen (secondary N) is 1. The minimum atomic E-state index is -0.683. The number of benzene rings is 1. The van der Waals surface area contributed by atoms with Gasteiger partial charge in [-0.05, 0) is 25.1 Å². The Kier molecular flexibility index (Phi) is 9.70. The Morgan fingerprint density at radius 2 is 2.03 bits per heavy atom. The van der Waals surface area contributed by atoms with Gasteiger partial charge in [0.05, 0.1) is 38.8 Å². The Hall–Kier alpha value is -4.16. The van der Waals surface area contributed by atoms with Gasteiger partial charge in [-0.25, -0.2) is 4.98 Å². The normalized spacial score (nSPS) is 16.5. The summed E-state index contributed by atoms with van der Waals surface area (Å²) in [5.74, 6) is 1.18. The van der Waals surface area contributed by atoms with Crippen molar-refractivity contribution in [2.75, 3.05) is 45.3 Å². The van der Waals surface area contributed by atoms with Gasteiger partial charge in [0, 0.05) is 31.4 Å². The number of hydrogen-bond donors (Lipinski definition) is 2. The van der Waals surface area contributed by atoms with E-state index in [-0.39, 0.29) is 50.8 Å². The number of carbonyl (C=O) groups excluding carboxylic acids is 2. The standard InChI is InChI=1S/C27H33N5O7/c1-19-3-5-21(6-4-19)37-12-10-31(9-11-33)26(34)17-32-16-20(15-29-32)30-27(35)24-13-23(18-38-24)39-22-7-8-28-25(14-22)36-2/h3-8,14-16,23-24,33H,9-13,17-18H2,1-2H3,(H,30,35)/t23-,24+/m0/s1. The largest absolute Gasteiger partial charge is 0.492 e. The molecule has 0 aliphatic carbocycles. The average Bonchev–Trinajstić information content (AvgIpc) is 3.59. The van der Waals surface area contributed by atoms with Crippen molar-refractivity contribution in [3.8, 4) is 17.4 Å². The van der Waals surface area contributed by atoms with Crippen LogP contribution in [0.4, 0.5) is 5.69 Å². The molecule has 2 atom stereocenters. The monoisotopic (exact) mass is 539 g/mol. The summed E-state index contributed by atoms with van der Waals surface area (Å²) in [7, 11) is 1.52. The first-order chi connectivity index (χ1) is 18.9. The molecule has 3 aromatic rings. The van der Waals surface area contributed by atoms with Gasteiger partial charge in [0.1, 0.15) is 36.9 Å². The highest BCUT2D eigenvalue weighted by atomic mass is 16.6. The van der Waals surface area contributed by atoms with E-state index in [0.29, 0.717) is 36.0 Å². The number of aromatic nitrogens is 3. The van der Waals surface area contributed by atoms with Crippen LogP contribution in [0.25, 0.3) is 0 Å². The van der Waals surface area contributed by atoms with E-state index in [1.54, 1.807) is 24.5 Å². The number of aliphatic hydroxyl groups is 1. The highest BCUT2D eigenvalue weighted by Gasteiger charge is 2.32. The number of methoxy groups -OCH3 is 1. The lowest BCUT2D eigenvalue weighted by molar-refractivity contribution is -0.133. The quantitative estimate of drug-likeness (QED) is 0.332. The third-order valence-corrected chi connectivity index (χ3v) is 6.04. The van der Waals surface area contributed by atoms with Crippen LogP contribution in [-0.4, -0.2) is 88.8 Å². The van der Waals surface area contributed by atoms with E-state index in [4.69, 9.17) is 18.9 Å². The van der Waals surface area contributed by atoms with Crippen LogP contribution in [0.3, 0.4) is 0 Å². The van der Waals surface area contributed by atoms with Crippen molar-refractivity contribution in [3.05, 3.63) is 60.6 Å². The van der Waals surface area contributed by atoms with Gasteiger partial charge >= 0.3 is 0 Å². The van der Waals surface area contributed by atoms with Crippen LogP contribution in [0.5, 0.6) is 17.4 Å². The molecular weight excluding hydrogens is 506 g/mol. The molecular formula is C27H33N5O7. The first-order valence-corrected chi connectivity index (χ1v) is 12.6. The zero-order valence-electron chi connectivity index (χ0n) is 22.0. The highest BCUT2D eigenvalue weighted by Crippen LogP contribution is 2.23. The first-order valence-electron chi connectivity index (χ1n) is 12.6. The number of pyridine rings is 1. The molecule has 0 bridgehead atoms. The van der Waals surface area contributed by atoms with Crippen LogP contribution >= 0.6 is 0 Å². The molecule has 1 aliphatic heterocycles. The Balaban J connectivity index is 1.23. The summed E-state index contributed by atoms with van der Waals surface area (Å²) in [6, 6.07) is 11.0. The van der Waals surface area contributed by atoms with Crippen molar-refractivity contribution in [1.82, 2.24) is 19.7 Å². The van der Waals surface area contributed by atoms with Gasteiger partial charge in [-0.1, -0.05) is 17.7 Å². The molecule has 4 rings (SSSR count). The van der Waals surface area contributed by atoms with E-state index >= 15 is 0 Å². The molecule has 3 heterocycles. The molecule has 0 unspecified atom stereocenters. The van der Waals surface area contributed by atoms with Crippen molar-refractivity contribution < 1.29 is 33.6 Å². The Morgan fingerprint density at radius 1 is 1.21 bits per heavy atom. The van der Waals surface area contributed by atoms with Gasteiger partial charge in [-0.2, -0.15) is 5.10 Å². The number of hydrogen-bond acceptors (Lipinski definition) is 9. The van der Waals surface area contributed by atoms with E-state index in [9.17, 15) is 14.7 Å². The third kappa shape index (κ3) is 8.16. The maximum atomic E-state index is 12.8. The second kappa shape index (κ2) is 13.6. The zero-order chi connectivity index (χ0) is 27.6. The molecule has 0 radical (unpaired) electrons. The summed E-state index contributed by atoms with van der Waals surface area (Å²) in [6.45, 7) is 2.82. The lowest BCUT2D eigenvalue weighted by Gasteiger charge is -2.22. The molecule has 2 amide bonds. The maximum Gasteiger partial charge on any atom is 0.253 e. The molecule has 2 aromatic heterocycles. The van der Waals surface area contributed by atoms with Gasteiger partial charge in [0.15, 0.2) is 0 Å². The van der Waals surface area contributed by atoms with E-state index in [0.717, 1.165) is 5.56 Å². The van der Waals surface area contributed by atoms with Crippen molar-refractivity contribution in [3.63, 3.8) is 0 Å². The van der Waals surface area contributed by atoms with Crippen molar-refractivity contribution in [1.29, 1.82) is 0 Å². The fourth-order valence-electron chi connectivity index (χ4n) is 4.00. The summed E-state index contributed by atoms with van der Waals surface area (Å²) in [5.41, 5.74) is 1.57. The van der Waals surface area contributed by atoms with Gasteiger partial charge in [0.2, 0.25) is 11.8 Å². The minimum absolute atomic E-state index is 0.0500. The molecule has 1 aliphatic rings. The Bertz CT molecular complexity index is 1230. The van der Waals surface area contributed by atoms with Gasteiger partial charge in [-0.3, -0.25) is 14.3 Å². The van der Waals surface area contributed by atoms with Gasteiger partial charge in [0.25, 0.3) is 5.91 Å². The topological polar surface area (TPSA) is 137 Å². The molecule has 0 saturated carbocycles. The van der Waals surface area contributed by atoms with Crippen LogP contribution in [0.2, 0.25) is 0 Å². The summed E-state index contributed by atoms with van der Waals surface area (Å²) in [6.07, 6.45) is 4.02. The summed E-state index contributed by atoms with van der Waals surface area (Å²) in [4.78, 5) is 31.1. The number of nitrogens with zero attached hydrogens (tertiary/aromatic N) is 4. The molecule has 12 heteroatoms. The van der Waals surface area contributed by atoms with E-state index < -0.39 is 6.10 Å². The smallest absolute Gasteiger partial charge is 0.253 e. The SMILES string of the molecule is COc1cc(O[C@@H]2CO[C@@H](C(=O)Nc3cnn(CC(=O)N(CCO)CCOc4ccc(C)cc4)c3)C2)ccn1. The molecule has 2 N–H and O–H groups in total. The fraction of sp³-hybridized carbons (Fsp3) is 0.407. The molecule has 208 valence electrons. The van der Waals surface area contributed by atoms with Crippen LogP contribution < -0.4 is 19.5 Å². The van der Waals surface area contributed by atoms with Crippen molar-refractivity contribution in [2.24, 2.45) is 0 Å². The number of anilines is 1. The van der Waals surface area contributed by atoms with Gasteiger partial charge < -0.3 is 34.3 Å². The molecule has 39 heavy (non-hydrogen) atoms. The Morgan fingerprint density at radius 3 is 2.79 bits per heavy atom. The predicted octanol–water partition coefficient (Wildman–Crippen LogP) is 1.67.